The van der Waals surface area contributed by atoms with Crippen LogP contribution in [0.4, 0.5) is 0 Å². The maximum absolute atomic E-state index is 13.2. The lowest BCUT2D eigenvalue weighted by Gasteiger charge is -2.26. The molecule has 1 aromatic heterocycles. The van der Waals surface area contributed by atoms with Crippen LogP contribution in [0.1, 0.15) is 38.7 Å². The van der Waals surface area contributed by atoms with Gasteiger partial charge in [-0.3, -0.25) is 19.2 Å². The van der Waals surface area contributed by atoms with Crippen molar-refractivity contribution in [1.82, 2.24) is 20.9 Å². The van der Waals surface area contributed by atoms with Gasteiger partial charge in [0.25, 0.3) is 0 Å². The Labute approximate surface area is 208 Å². The van der Waals surface area contributed by atoms with Gasteiger partial charge in [0, 0.05) is 29.9 Å². The van der Waals surface area contributed by atoms with Gasteiger partial charge in [-0.2, -0.15) is 0 Å². The van der Waals surface area contributed by atoms with E-state index in [0.29, 0.717) is 6.42 Å². The second-order valence-electron chi connectivity index (χ2n) is 8.59. The summed E-state index contributed by atoms with van der Waals surface area (Å²) in [6.45, 7) is 3.06. The number of aliphatic carboxylic acids is 2. The van der Waals surface area contributed by atoms with E-state index in [-0.39, 0.29) is 19.4 Å². The summed E-state index contributed by atoms with van der Waals surface area (Å²) >= 11 is 0. The van der Waals surface area contributed by atoms with Gasteiger partial charge in [0.05, 0.1) is 6.54 Å². The standard InChI is InChI=1S/C24H33N5O7/c1-3-13(2)21(24(35)36)29-22(33)17(8-9-20(31)32)28-23(34)18(27-19(30)11-25)10-14-12-26-16-7-5-4-6-15(14)16/h4-7,12-13,17-18,21,26H,3,8-11,25H2,1-2H3,(H,27,30)(H,28,34)(H,29,33)(H,31,32)(H,35,36). The molecule has 0 aliphatic rings. The molecule has 2 rings (SSSR count). The van der Waals surface area contributed by atoms with Crippen molar-refractivity contribution < 1.29 is 34.2 Å². The molecule has 0 spiro atoms. The number of aromatic nitrogens is 1. The van der Waals surface area contributed by atoms with Crippen molar-refractivity contribution in [2.45, 2.75) is 57.7 Å². The number of nitrogens with two attached hydrogens (primary N) is 1. The normalized spacial score (nSPS) is 14.3. The molecule has 0 saturated heterocycles. The van der Waals surface area contributed by atoms with E-state index in [4.69, 9.17) is 10.8 Å². The van der Waals surface area contributed by atoms with E-state index >= 15 is 0 Å². The highest BCUT2D eigenvalue weighted by Gasteiger charge is 2.32. The van der Waals surface area contributed by atoms with Gasteiger partial charge in [0.2, 0.25) is 17.7 Å². The zero-order chi connectivity index (χ0) is 26.8. The summed E-state index contributed by atoms with van der Waals surface area (Å²) in [5.74, 6) is -4.99. The maximum Gasteiger partial charge on any atom is 0.326 e. The Balaban J connectivity index is 2.26. The summed E-state index contributed by atoms with van der Waals surface area (Å²) in [6, 6.07) is 3.71. The zero-order valence-corrected chi connectivity index (χ0v) is 20.2. The monoisotopic (exact) mass is 503 g/mol. The van der Waals surface area contributed by atoms with Crippen molar-refractivity contribution in [3.05, 3.63) is 36.0 Å². The van der Waals surface area contributed by atoms with Crippen LogP contribution in [-0.2, 0) is 30.4 Å². The van der Waals surface area contributed by atoms with Gasteiger partial charge < -0.3 is 36.9 Å². The number of carbonyl (C=O) groups is 5. The van der Waals surface area contributed by atoms with Crippen molar-refractivity contribution in [3.63, 3.8) is 0 Å². The minimum absolute atomic E-state index is 0.0689. The van der Waals surface area contributed by atoms with E-state index in [1.807, 2.05) is 24.3 Å². The third-order valence-electron chi connectivity index (χ3n) is 5.99. The molecule has 1 heterocycles. The van der Waals surface area contributed by atoms with Crippen LogP contribution in [0.15, 0.2) is 30.5 Å². The van der Waals surface area contributed by atoms with Crippen LogP contribution in [-0.4, -0.2) is 69.5 Å². The van der Waals surface area contributed by atoms with Crippen LogP contribution in [0, 0.1) is 5.92 Å². The molecule has 0 aliphatic heterocycles. The van der Waals surface area contributed by atoms with E-state index in [1.165, 1.54) is 0 Å². The van der Waals surface area contributed by atoms with E-state index in [1.54, 1.807) is 20.0 Å². The summed E-state index contributed by atoms with van der Waals surface area (Å²) < 4.78 is 0. The van der Waals surface area contributed by atoms with E-state index in [2.05, 4.69) is 20.9 Å². The minimum Gasteiger partial charge on any atom is -0.481 e. The smallest absolute Gasteiger partial charge is 0.326 e. The summed E-state index contributed by atoms with van der Waals surface area (Å²) in [5, 5.41) is 26.9. The predicted octanol–water partition coefficient (Wildman–Crippen LogP) is 0.119. The summed E-state index contributed by atoms with van der Waals surface area (Å²) in [5.41, 5.74) is 6.97. The Morgan fingerprint density at radius 3 is 2.28 bits per heavy atom. The van der Waals surface area contributed by atoms with Gasteiger partial charge in [0.15, 0.2) is 0 Å². The number of H-pyrrole nitrogens is 1. The lowest BCUT2D eigenvalue weighted by Crippen LogP contribution is -2.57. The second kappa shape index (κ2) is 13.2. The molecule has 4 atom stereocenters. The number of amides is 3. The summed E-state index contributed by atoms with van der Waals surface area (Å²) in [7, 11) is 0. The first-order valence-corrected chi connectivity index (χ1v) is 11.7. The number of nitrogens with one attached hydrogen (secondary N) is 4. The lowest BCUT2D eigenvalue weighted by molar-refractivity contribution is -0.144. The van der Waals surface area contributed by atoms with Gasteiger partial charge in [-0.25, -0.2) is 4.79 Å². The van der Waals surface area contributed by atoms with E-state index in [0.717, 1.165) is 16.5 Å². The van der Waals surface area contributed by atoms with Crippen molar-refractivity contribution >= 4 is 40.6 Å². The number of benzene rings is 1. The maximum atomic E-state index is 13.2. The number of carboxylic acids is 2. The SMILES string of the molecule is CCC(C)C(NC(=O)C(CCC(=O)O)NC(=O)C(Cc1c[nH]c2ccccc12)NC(=O)CN)C(=O)O. The largest absolute Gasteiger partial charge is 0.481 e. The number of carboxylic acid groups (broad SMARTS) is 2. The molecule has 0 radical (unpaired) electrons. The third kappa shape index (κ3) is 7.80. The number of hydrogen-bond donors (Lipinski definition) is 7. The molecule has 0 saturated carbocycles. The number of hydrogen-bond acceptors (Lipinski definition) is 6. The number of fused-ring (bicyclic) bond motifs is 1. The quantitative estimate of drug-likeness (QED) is 0.188. The van der Waals surface area contributed by atoms with E-state index in [9.17, 15) is 29.1 Å². The van der Waals surface area contributed by atoms with Crippen LogP contribution < -0.4 is 21.7 Å². The molecule has 2 aromatic rings. The Hall–Kier alpha value is -3.93. The molecule has 0 bridgehead atoms. The molecule has 12 heteroatoms. The molecule has 0 fully saturated rings. The van der Waals surface area contributed by atoms with Crippen LogP contribution in [0.2, 0.25) is 0 Å². The van der Waals surface area contributed by atoms with Crippen LogP contribution >= 0.6 is 0 Å². The van der Waals surface area contributed by atoms with Crippen molar-refractivity contribution in [1.29, 1.82) is 0 Å². The molecule has 196 valence electrons. The fourth-order valence-corrected chi connectivity index (χ4v) is 3.73. The first-order valence-electron chi connectivity index (χ1n) is 11.7. The van der Waals surface area contributed by atoms with Crippen molar-refractivity contribution in [3.8, 4) is 0 Å². The van der Waals surface area contributed by atoms with Crippen LogP contribution in [0.3, 0.4) is 0 Å². The number of para-hydroxylation sites is 1. The molecule has 3 amide bonds. The molecule has 8 N–H and O–H groups in total. The zero-order valence-electron chi connectivity index (χ0n) is 20.2. The van der Waals surface area contributed by atoms with Gasteiger partial charge in [0.1, 0.15) is 18.1 Å². The first kappa shape index (κ1) is 28.3. The summed E-state index contributed by atoms with van der Waals surface area (Å²) in [6.07, 6.45) is 1.53. The van der Waals surface area contributed by atoms with Gasteiger partial charge in [-0.1, -0.05) is 38.5 Å². The van der Waals surface area contributed by atoms with Gasteiger partial charge >= 0.3 is 11.9 Å². The average Bonchev–Trinajstić information content (AvgIpc) is 3.26. The number of carbonyl (C=O) groups excluding carboxylic acids is 3. The number of rotatable bonds is 14. The molecule has 4 unspecified atom stereocenters. The van der Waals surface area contributed by atoms with E-state index < -0.39 is 60.1 Å². The topological polar surface area (TPSA) is 204 Å². The van der Waals surface area contributed by atoms with Crippen LogP contribution in [0.5, 0.6) is 0 Å². The highest BCUT2D eigenvalue weighted by atomic mass is 16.4. The lowest BCUT2D eigenvalue weighted by atomic mass is 9.98. The molecular weight excluding hydrogens is 470 g/mol. The molecule has 12 nitrogen and oxygen atoms in total. The Kier molecular flexibility index (Phi) is 10.4. The molecule has 0 aliphatic carbocycles. The molecule has 1 aromatic carbocycles. The minimum atomic E-state index is -1.33. The fraction of sp³-hybridized carbons (Fsp3) is 0.458. The second-order valence-corrected chi connectivity index (χ2v) is 8.59. The van der Waals surface area contributed by atoms with Crippen LogP contribution in [0.25, 0.3) is 10.9 Å². The Bertz CT molecular complexity index is 1100. The fourth-order valence-electron chi connectivity index (χ4n) is 3.73. The molecular formula is C24H33N5O7. The van der Waals surface area contributed by atoms with Gasteiger partial charge in [-0.15, -0.1) is 0 Å². The first-order chi connectivity index (χ1) is 17.1. The highest BCUT2D eigenvalue weighted by Crippen LogP contribution is 2.19. The van der Waals surface area contributed by atoms with Gasteiger partial charge in [-0.05, 0) is 24.0 Å². The Morgan fingerprint density at radius 1 is 1.00 bits per heavy atom. The third-order valence-corrected chi connectivity index (χ3v) is 5.99. The molecule has 36 heavy (non-hydrogen) atoms. The summed E-state index contributed by atoms with van der Waals surface area (Å²) in [4.78, 5) is 64.0. The van der Waals surface area contributed by atoms with Crippen molar-refractivity contribution in [2.75, 3.05) is 6.54 Å². The highest BCUT2D eigenvalue weighted by molar-refractivity contribution is 5.94. The average molecular weight is 504 g/mol. The Morgan fingerprint density at radius 2 is 1.67 bits per heavy atom. The predicted molar refractivity (Wildman–Crippen MR) is 131 cm³/mol. The number of aromatic amines is 1. The van der Waals surface area contributed by atoms with Crippen molar-refractivity contribution in [2.24, 2.45) is 11.7 Å².